The zero-order valence-electron chi connectivity index (χ0n) is 12.6. The van der Waals surface area contributed by atoms with Crippen LogP contribution < -0.4 is 0 Å². The van der Waals surface area contributed by atoms with E-state index in [0.29, 0.717) is 0 Å². The van der Waals surface area contributed by atoms with Crippen LogP contribution in [0.15, 0.2) is 45.6 Å². The zero-order valence-corrected chi connectivity index (χ0v) is 14.3. The van der Waals surface area contributed by atoms with Crippen molar-refractivity contribution in [3.05, 3.63) is 41.3 Å². The second-order valence-corrected chi connectivity index (χ2v) is 6.12. The fourth-order valence-electron chi connectivity index (χ4n) is 1.83. The molecule has 0 radical (unpaired) electrons. The van der Waals surface area contributed by atoms with Gasteiger partial charge in [-0.3, -0.25) is 9.89 Å². The maximum absolute atomic E-state index is 4.60. The van der Waals surface area contributed by atoms with Crippen molar-refractivity contribution in [2.24, 2.45) is 4.99 Å². The lowest BCUT2D eigenvalue weighted by Gasteiger charge is -2.19. The van der Waals surface area contributed by atoms with Gasteiger partial charge in [0.1, 0.15) is 5.04 Å². The van der Waals surface area contributed by atoms with Crippen LogP contribution in [0.2, 0.25) is 0 Å². The Hall–Kier alpha value is -0.710. The molecule has 1 aromatic carbocycles. The van der Waals surface area contributed by atoms with Crippen LogP contribution in [0.3, 0.4) is 0 Å². The monoisotopic (exact) mass is 308 g/mol. The smallest absolute Gasteiger partial charge is 0.102 e. The zero-order chi connectivity index (χ0) is 15.0. The van der Waals surface area contributed by atoms with Gasteiger partial charge in [-0.05, 0) is 37.1 Å². The topological polar surface area (TPSA) is 15.6 Å². The van der Waals surface area contributed by atoms with Gasteiger partial charge in [0, 0.05) is 23.5 Å². The van der Waals surface area contributed by atoms with Crippen LogP contribution in [0.4, 0.5) is 0 Å². The summed E-state index contributed by atoms with van der Waals surface area (Å²) in [7, 11) is 0. The van der Waals surface area contributed by atoms with Gasteiger partial charge in [-0.1, -0.05) is 44.3 Å². The van der Waals surface area contributed by atoms with Crippen LogP contribution in [0, 0.1) is 0 Å². The number of rotatable bonds is 7. The van der Waals surface area contributed by atoms with Gasteiger partial charge in [-0.2, -0.15) is 0 Å². The van der Waals surface area contributed by atoms with E-state index in [4.69, 9.17) is 0 Å². The molecule has 1 rings (SSSR count). The molecular weight excluding hydrogens is 284 g/mol. The molecule has 4 heteroatoms. The fourth-order valence-corrected chi connectivity index (χ4v) is 3.01. The van der Waals surface area contributed by atoms with Crippen molar-refractivity contribution in [3.8, 4) is 0 Å². The molecule has 20 heavy (non-hydrogen) atoms. The van der Waals surface area contributed by atoms with E-state index >= 15 is 0 Å². The molecule has 0 fully saturated rings. The highest BCUT2D eigenvalue weighted by molar-refractivity contribution is 8.17. The van der Waals surface area contributed by atoms with Crippen LogP contribution in [0.5, 0.6) is 0 Å². The summed E-state index contributed by atoms with van der Waals surface area (Å²) in [6, 6.07) is 8.11. The van der Waals surface area contributed by atoms with Gasteiger partial charge in [0.2, 0.25) is 0 Å². The standard InChI is InChI=1S/C16H24N2S2/c1-5-17-16(14-9-8-10-15(19)11-14)20-13(4)12-18(6-2)7-3/h8-11,19H,4-7,12H2,1-3H3. The van der Waals surface area contributed by atoms with Crippen LogP contribution in [0.25, 0.3) is 0 Å². The second-order valence-electron chi connectivity index (χ2n) is 4.43. The molecule has 0 unspecified atom stereocenters. The predicted octanol–water partition coefficient (Wildman–Crippen LogP) is 4.33. The maximum atomic E-state index is 4.60. The first-order valence-corrected chi connectivity index (χ1v) is 8.28. The van der Waals surface area contributed by atoms with E-state index in [1.165, 1.54) is 0 Å². The second kappa shape index (κ2) is 9.27. The Labute approximate surface area is 132 Å². The summed E-state index contributed by atoms with van der Waals surface area (Å²) in [4.78, 5) is 9.05. The summed E-state index contributed by atoms with van der Waals surface area (Å²) in [6.45, 7) is 14.3. The van der Waals surface area contributed by atoms with Crippen molar-refractivity contribution in [1.29, 1.82) is 0 Å². The molecule has 2 nitrogen and oxygen atoms in total. The minimum atomic E-state index is 0.775. The van der Waals surface area contributed by atoms with E-state index in [1.54, 1.807) is 11.8 Å². The maximum Gasteiger partial charge on any atom is 0.102 e. The Kier molecular flexibility index (Phi) is 8.04. The lowest BCUT2D eigenvalue weighted by atomic mass is 10.2. The van der Waals surface area contributed by atoms with Crippen molar-refractivity contribution in [2.75, 3.05) is 26.2 Å². The van der Waals surface area contributed by atoms with Crippen LogP contribution in [0.1, 0.15) is 26.3 Å². The van der Waals surface area contributed by atoms with Gasteiger partial charge in [-0.25, -0.2) is 0 Å². The van der Waals surface area contributed by atoms with E-state index < -0.39 is 0 Å². The van der Waals surface area contributed by atoms with E-state index in [2.05, 4.69) is 62.0 Å². The minimum Gasteiger partial charge on any atom is -0.299 e. The van der Waals surface area contributed by atoms with Crippen molar-refractivity contribution >= 4 is 29.4 Å². The number of aliphatic imine (C=N–C) groups is 1. The largest absolute Gasteiger partial charge is 0.299 e. The number of hydrogen-bond donors (Lipinski definition) is 1. The molecule has 0 aliphatic rings. The van der Waals surface area contributed by atoms with Gasteiger partial charge in [0.05, 0.1) is 0 Å². The molecule has 0 saturated heterocycles. The predicted molar refractivity (Wildman–Crippen MR) is 95.3 cm³/mol. The molecule has 0 aromatic heterocycles. The number of thioether (sulfide) groups is 1. The van der Waals surface area contributed by atoms with Crippen LogP contribution in [-0.4, -0.2) is 36.1 Å². The summed E-state index contributed by atoms with van der Waals surface area (Å²) in [6.07, 6.45) is 0. The molecule has 0 bridgehead atoms. The van der Waals surface area contributed by atoms with Crippen molar-refractivity contribution < 1.29 is 0 Å². The highest BCUT2D eigenvalue weighted by Crippen LogP contribution is 2.23. The first-order chi connectivity index (χ1) is 9.60. The molecule has 0 aliphatic heterocycles. The highest BCUT2D eigenvalue weighted by Gasteiger charge is 2.09. The fraction of sp³-hybridized carbons (Fsp3) is 0.438. The molecule has 0 aliphatic carbocycles. The molecule has 0 heterocycles. The normalized spacial score (nSPS) is 11.9. The quantitative estimate of drug-likeness (QED) is 0.458. The van der Waals surface area contributed by atoms with Crippen LogP contribution >= 0.6 is 24.4 Å². The molecule has 0 saturated carbocycles. The van der Waals surface area contributed by atoms with Crippen molar-refractivity contribution in [2.45, 2.75) is 25.7 Å². The number of nitrogens with zero attached hydrogens (tertiary/aromatic N) is 2. The van der Waals surface area contributed by atoms with E-state index in [9.17, 15) is 0 Å². The Morgan fingerprint density at radius 3 is 2.55 bits per heavy atom. The number of likely N-dealkylation sites (N-methyl/N-ethyl adjacent to an activating group) is 1. The van der Waals surface area contributed by atoms with Gasteiger partial charge < -0.3 is 0 Å². The lowest BCUT2D eigenvalue weighted by Crippen LogP contribution is -2.24. The molecule has 0 N–H and O–H groups in total. The Balaban J connectivity index is 2.78. The van der Waals surface area contributed by atoms with Gasteiger partial charge >= 0.3 is 0 Å². The first kappa shape index (κ1) is 17.3. The highest BCUT2D eigenvalue weighted by atomic mass is 32.2. The summed E-state index contributed by atoms with van der Waals surface area (Å²) in [5.41, 5.74) is 1.12. The third kappa shape index (κ3) is 5.73. The first-order valence-electron chi connectivity index (χ1n) is 7.02. The van der Waals surface area contributed by atoms with Gasteiger partial charge in [0.15, 0.2) is 0 Å². The van der Waals surface area contributed by atoms with E-state index in [0.717, 1.165) is 46.6 Å². The van der Waals surface area contributed by atoms with Crippen molar-refractivity contribution in [3.63, 3.8) is 0 Å². The number of thiol groups is 1. The third-order valence-electron chi connectivity index (χ3n) is 2.93. The molecule has 1 aromatic rings. The Bertz CT molecular complexity index is 465. The SMILES string of the molecule is C=C(CN(CC)CC)SC(=NCC)c1cccc(S)c1. The number of hydrogen-bond acceptors (Lipinski definition) is 4. The van der Waals surface area contributed by atoms with Gasteiger partial charge in [0.25, 0.3) is 0 Å². The third-order valence-corrected chi connectivity index (χ3v) is 4.18. The number of benzene rings is 1. The molecule has 110 valence electrons. The van der Waals surface area contributed by atoms with Crippen molar-refractivity contribution in [1.82, 2.24) is 4.90 Å². The summed E-state index contributed by atoms with van der Waals surface area (Å²) in [5, 5.41) is 1.03. The molecular formula is C16H24N2S2. The Morgan fingerprint density at radius 2 is 2.00 bits per heavy atom. The van der Waals surface area contributed by atoms with E-state index in [-0.39, 0.29) is 0 Å². The molecule has 0 spiro atoms. The molecule has 0 amide bonds. The Morgan fingerprint density at radius 1 is 1.30 bits per heavy atom. The summed E-state index contributed by atoms with van der Waals surface area (Å²) < 4.78 is 0. The average molecular weight is 309 g/mol. The van der Waals surface area contributed by atoms with Gasteiger partial charge in [-0.15, -0.1) is 12.6 Å². The van der Waals surface area contributed by atoms with E-state index in [1.807, 2.05) is 12.1 Å². The summed E-state index contributed by atoms with van der Waals surface area (Å²) in [5.74, 6) is 0. The summed E-state index contributed by atoms with van der Waals surface area (Å²) >= 11 is 6.07. The minimum absolute atomic E-state index is 0.775. The van der Waals surface area contributed by atoms with Crippen LogP contribution in [-0.2, 0) is 0 Å². The molecule has 0 atom stereocenters. The lowest BCUT2D eigenvalue weighted by molar-refractivity contribution is 0.335. The average Bonchev–Trinajstić information content (AvgIpc) is 2.44.